The van der Waals surface area contributed by atoms with Crippen LogP contribution in [0, 0.1) is 0 Å². The van der Waals surface area contributed by atoms with E-state index in [0.29, 0.717) is 6.42 Å². The minimum Gasteiger partial charge on any atom is -0.439 e. The van der Waals surface area contributed by atoms with Crippen LogP contribution in [0.1, 0.15) is 70.8 Å². The van der Waals surface area contributed by atoms with Crippen molar-refractivity contribution in [1.29, 1.82) is 0 Å². The van der Waals surface area contributed by atoms with Crippen molar-refractivity contribution >= 4 is 0 Å². The minimum absolute atomic E-state index is 0.631. The van der Waals surface area contributed by atoms with Crippen LogP contribution in [0.3, 0.4) is 0 Å². The first-order valence-corrected chi connectivity index (χ1v) is 9.08. The maximum absolute atomic E-state index is 6.05. The molecule has 0 heterocycles. The Balaban J connectivity index is 2.50. The number of hydrogen-bond acceptors (Lipinski definition) is 3. The fourth-order valence-corrected chi connectivity index (χ4v) is 2.78. The molecule has 0 aliphatic heterocycles. The first-order chi connectivity index (χ1) is 11.2. The van der Waals surface area contributed by atoms with E-state index in [1.165, 1.54) is 50.5 Å². The third kappa shape index (κ3) is 6.92. The number of hydrogen-bond donors (Lipinski definition) is 0. The quantitative estimate of drug-likeness (QED) is 0.343. The fraction of sp³-hybridized carbons (Fsp3) is 0.700. The number of aryl methyl sites for hydroxylation is 1. The highest BCUT2D eigenvalue weighted by Gasteiger charge is 2.30. The first kappa shape index (κ1) is 20.0. The summed E-state index contributed by atoms with van der Waals surface area (Å²) in [5, 5.41) is 0. The number of benzene rings is 1. The van der Waals surface area contributed by atoms with Crippen LogP contribution in [0.25, 0.3) is 0 Å². The number of para-hydroxylation sites is 1. The van der Waals surface area contributed by atoms with Gasteiger partial charge in [0.15, 0.2) is 0 Å². The molecule has 3 nitrogen and oxygen atoms in total. The van der Waals surface area contributed by atoms with Crippen molar-refractivity contribution in [1.82, 2.24) is 0 Å². The number of unbranched alkanes of at least 4 members (excludes halogenated alkanes) is 6. The molecule has 0 saturated carbocycles. The summed E-state index contributed by atoms with van der Waals surface area (Å²) in [6.45, 7) is 4.25. The van der Waals surface area contributed by atoms with Crippen molar-refractivity contribution in [2.75, 3.05) is 14.2 Å². The van der Waals surface area contributed by atoms with E-state index in [4.69, 9.17) is 14.2 Å². The molecule has 1 rings (SSSR count). The molecule has 0 bridgehead atoms. The molecule has 0 saturated heterocycles. The van der Waals surface area contributed by atoms with E-state index < -0.39 is 5.97 Å². The topological polar surface area (TPSA) is 27.7 Å². The lowest BCUT2D eigenvalue weighted by Gasteiger charge is -2.30. The van der Waals surface area contributed by atoms with Gasteiger partial charge in [0, 0.05) is 20.6 Å². The van der Waals surface area contributed by atoms with Gasteiger partial charge in [0.1, 0.15) is 5.75 Å². The van der Waals surface area contributed by atoms with Crippen LogP contribution in [0.2, 0.25) is 0 Å². The highest BCUT2D eigenvalue weighted by atomic mass is 16.9. The van der Waals surface area contributed by atoms with E-state index in [-0.39, 0.29) is 0 Å². The zero-order valence-electron chi connectivity index (χ0n) is 15.4. The van der Waals surface area contributed by atoms with Gasteiger partial charge in [-0.3, -0.25) is 0 Å². The van der Waals surface area contributed by atoms with Crippen molar-refractivity contribution in [3.05, 3.63) is 29.8 Å². The summed E-state index contributed by atoms with van der Waals surface area (Å²) >= 11 is 0. The molecule has 3 heteroatoms. The molecule has 0 N–H and O–H groups in total. The summed E-state index contributed by atoms with van der Waals surface area (Å²) in [4.78, 5) is 0. The number of methoxy groups -OCH3 is 2. The summed E-state index contributed by atoms with van der Waals surface area (Å²) in [6, 6.07) is 8.20. The standard InChI is InChI=1S/C20H34O3/c1-5-7-8-9-10-11-12-15-18-16-13-14-17-19(18)23-20(6-2,21-3)22-4/h13-14,16-17H,5-12,15H2,1-4H3. The summed E-state index contributed by atoms with van der Waals surface area (Å²) in [6.07, 6.45) is 10.9. The Morgan fingerprint density at radius 1 is 0.826 bits per heavy atom. The summed E-state index contributed by atoms with van der Waals surface area (Å²) in [7, 11) is 3.23. The summed E-state index contributed by atoms with van der Waals surface area (Å²) < 4.78 is 16.9. The second-order valence-corrected chi connectivity index (χ2v) is 6.03. The van der Waals surface area contributed by atoms with Crippen LogP contribution in [-0.2, 0) is 15.9 Å². The van der Waals surface area contributed by atoms with E-state index in [0.717, 1.165) is 12.2 Å². The van der Waals surface area contributed by atoms with Crippen molar-refractivity contribution in [2.24, 2.45) is 0 Å². The molecule has 0 unspecified atom stereocenters. The molecule has 1 aromatic rings. The normalized spacial score (nSPS) is 11.7. The second kappa shape index (κ2) is 11.5. The Bertz CT molecular complexity index is 405. The Morgan fingerprint density at radius 2 is 1.43 bits per heavy atom. The van der Waals surface area contributed by atoms with E-state index in [1.54, 1.807) is 14.2 Å². The molecule has 0 spiro atoms. The molecule has 23 heavy (non-hydrogen) atoms. The highest BCUT2D eigenvalue weighted by Crippen LogP contribution is 2.27. The molecule has 0 aliphatic carbocycles. The Morgan fingerprint density at radius 3 is 2.04 bits per heavy atom. The van der Waals surface area contributed by atoms with Gasteiger partial charge in [-0.05, 0) is 24.5 Å². The highest BCUT2D eigenvalue weighted by molar-refractivity contribution is 5.33. The van der Waals surface area contributed by atoms with Gasteiger partial charge in [-0.25, -0.2) is 0 Å². The smallest absolute Gasteiger partial charge is 0.326 e. The maximum Gasteiger partial charge on any atom is 0.326 e. The maximum atomic E-state index is 6.05. The molecule has 0 fully saturated rings. The lowest BCUT2D eigenvalue weighted by molar-refractivity contribution is -0.323. The monoisotopic (exact) mass is 322 g/mol. The molecular weight excluding hydrogens is 288 g/mol. The zero-order valence-corrected chi connectivity index (χ0v) is 15.4. The molecule has 0 aliphatic rings. The largest absolute Gasteiger partial charge is 0.439 e. The lowest BCUT2D eigenvalue weighted by atomic mass is 10.0. The van der Waals surface area contributed by atoms with Crippen molar-refractivity contribution in [3.63, 3.8) is 0 Å². The van der Waals surface area contributed by atoms with Crippen LogP contribution in [0.4, 0.5) is 0 Å². The Labute approximate surface area is 142 Å². The molecule has 132 valence electrons. The van der Waals surface area contributed by atoms with Crippen molar-refractivity contribution < 1.29 is 14.2 Å². The molecule has 1 aromatic carbocycles. The van der Waals surface area contributed by atoms with Gasteiger partial charge in [-0.2, -0.15) is 0 Å². The van der Waals surface area contributed by atoms with Gasteiger partial charge >= 0.3 is 5.97 Å². The Hall–Kier alpha value is -1.06. The van der Waals surface area contributed by atoms with Crippen molar-refractivity contribution in [3.8, 4) is 5.75 Å². The van der Waals surface area contributed by atoms with Gasteiger partial charge in [0.25, 0.3) is 0 Å². The predicted octanol–water partition coefficient (Wildman–Crippen LogP) is 5.72. The number of ether oxygens (including phenoxy) is 3. The molecule has 0 radical (unpaired) electrons. The third-order valence-electron chi connectivity index (χ3n) is 4.34. The van der Waals surface area contributed by atoms with E-state index in [1.807, 2.05) is 19.1 Å². The predicted molar refractivity (Wildman–Crippen MR) is 95.8 cm³/mol. The van der Waals surface area contributed by atoms with Gasteiger partial charge in [-0.1, -0.05) is 70.6 Å². The molecule has 0 aromatic heterocycles. The molecule has 0 amide bonds. The van der Waals surface area contributed by atoms with Crippen LogP contribution < -0.4 is 4.74 Å². The zero-order chi connectivity index (χ0) is 17.0. The summed E-state index contributed by atoms with van der Waals surface area (Å²) in [5.74, 6) is -0.125. The van der Waals surface area contributed by atoms with E-state index in [9.17, 15) is 0 Å². The minimum atomic E-state index is -0.990. The van der Waals surface area contributed by atoms with E-state index >= 15 is 0 Å². The van der Waals surface area contributed by atoms with Gasteiger partial charge in [0.2, 0.25) is 0 Å². The van der Waals surface area contributed by atoms with E-state index in [2.05, 4.69) is 19.1 Å². The molecule has 0 atom stereocenters. The van der Waals surface area contributed by atoms with Gasteiger partial charge in [0.05, 0.1) is 0 Å². The van der Waals surface area contributed by atoms with Crippen molar-refractivity contribution in [2.45, 2.75) is 77.6 Å². The SMILES string of the molecule is CCCCCCCCCc1ccccc1OC(CC)(OC)OC. The fourth-order valence-electron chi connectivity index (χ4n) is 2.78. The average Bonchev–Trinajstić information content (AvgIpc) is 2.60. The Kier molecular flexibility index (Phi) is 9.97. The lowest BCUT2D eigenvalue weighted by Crippen LogP contribution is -2.39. The third-order valence-corrected chi connectivity index (χ3v) is 4.34. The van der Waals surface area contributed by atoms with Gasteiger partial charge in [-0.15, -0.1) is 0 Å². The number of rotatable bonds is 13. The summed E-state index contributed by atoms with van der Waals surface area (Å²) in [5.41, 5.74) is 1.23. The van der Waals surface area contributed by atoms with Crippen LogP contribution in [0.15, 0.2) is 24.3 Å². The second-order valence-electron chi connectivity index (χ2n) is 6.03. The molecular formula is C20H34O3. The van der Waals surface area contributed by atoms with Crippen LogP contribution in [0.5, 0.6) is 5.75 Å². The average molecular weight is 322 g/mol. The van der Waals surface area contributed by atoms with Crippen LogP contribution in [-0.4, -0.2) is 20.2 Å². The van der Waals surface area contributed by atoms with Crippen LogP contribution >= 0.6 is 0 Å². The van der Waals surface area contributed by atoms with Gasteiger partial charge < -0.3 is 14.2 Å². The first-order valence-electron chi connectivity index (χ1n) is 9.08.